The van der Waals surface area contributed by atoms with Gasteiger partial charge in [0.05, 0.1) is 17.6 Å². The molecule has 3 heterocycles. The zero-order valence-electron chi connectivity index (χ0n) is 13.9. The zero-order chi connectivity index (χ0) is 16.8. The van der Waals surface area contributed by atoms with Crippen molar-refractivity contribution in [3.8, 4) is 0 Å². The summed E-state index contributed by atoms with van der Waals surface area (Å²) in [6.07, 6.45) is 2.15. The molecule has 7 heteroatoms. The van der Waals surface area contributed by atoms with Crippen molar-refractivity contribution in [1.29, 1.82) is 0 Å². The predicted octanol–water partition coefficient (Wildman–Crippen LogP) is 2.35. The highest BCUT2D eigenvalue weighted by Gasteiger charge is 2.31. The van der Waals surface area contributed by atoms with Crippen molar-refractivity contribution < 1.29 is 9.53 Å². The number of carbonyl (C=O) groups is 1. The highest BCUT2D eigenvalue weighted by Crippen LogP contribution is 2.36. The number of nitrogens with one attached hydrogen (secondary N) is 1. The topological polar surface area (TPSA) is 73.2 Å². The number of aryl methyl sites for hydroxylation is 1. The Bertz CT molecular complexity index is 835. The molecular formula is C16H21N3O3S. The molecule has 0 bridgehead atoms. The Morgan fingerprint density at radius 1 is 1.48 bits per heavy atom. The largest absolute Gasteiger partial charge is 0.370 e. The smallest absolute Gasteiger partial charge is 0.281 e. The summed E-state index contributed by atoms with van der Waals surface area (Å²) in [6, 6.07) is 0. The van der Waals surface area contributed by atoms with Crippen LogP contribution in [0.3, 0.4) is 0 Å². The third kappa shape index (κ3) is 2.90. The number of ether oxygens (including phenoxy) is 1. The molecule has 2 aromatic rings. The van der Waals surface area contributed by atoms with E-state index in [2.05, 4.69) is 10.4 Å². The third-order valence-electron chi connectivity index (χ3n) is 3.92. The molecule has 0 spiro atoms. The summed E-state index contributed by atoms with van der Waals surface area (Å²) >= 11 is 1.52. The Labute approximate surface area is 138 Å². The number of amides is 1. The zero-order valence-corrected chi connectivity index (χ0v) is 14.7. The lowest BCUT2D eigenvalue weighted by Crippen LogP contribution is -2.36. The van der Waals surface area contributed by atoms with Gasteiger partial charge in [0, 0.05) is 24.6 Å². The lowest BCUT2D eigenvalue weighted by Gasteiger charge is -2.29. The van der Waals surface area contributed by atoms with Crippen molar-refractivity contribution in [3.63, 3.8) is 0 Å². The second-order valence-corrected chi connectivity index (χ2v) is 7.58. The molecule has 0 atom stereocenters. The normalized spacial score (nSPS) is 16.3. The molecule has 1 aliphatic rings. The lowest BCUT2D eigenvalue weighted by molar-refractivity contribution is -0.115. The maximum atomic E-state index is 13.0. The Morgan fingerprint density at radius 2 is 2.22 bits per heavy atom. The van der Waals surface area contributed by atoms with Crippen molar-refractivity contribution in [2.45, 2.75) is 59.2 Å². The molecule has 2 aromatic heterocycles. The van der Waals surface area contributed by atoms with E-state index in [9.17, 15) is 9.59 Å². The van der Waals surface area contributed by atoms with Crippen molar-refractivity contribution >= 4 is 27.5 Å². The van der Waals surface area contributed by atoms with Crippen LogP contribution in [0.15, 0.2) is 4.79 Å². The summed E-state index contributed by atoms with van der Waals surface area (Å²) in [5.74, 6) is 0.317. The van der Waals surface area contributed by atoms with Crippen LogP contribution in [0, 0.1) is 0 Å². The van der Waals surface area contributed by atoms with Gasteiger partial charge in [-0.05, 0) is 25.8 Å². The molecule has 0 fully saturated rings. The van der Waals surface area contributed by atoms with Gasteiger partial charge in [0.15, 0.2) is 0 Å². The van der Waals surface area contributed by atoms with Crippen LogP contribution in [0.25, 0.3) is 10.2 Å². The van der Waals surface area contributed by atoms with Crippen LogP contribution in [-0.2, 0) is 29.0 Å². The Morgan fingerprint density at radius 3 is 2.87 bits per heavy atom. The van der Waals surface area contributed by atoms with E-state index < -0.39 is 0 Å². The Hall–Kier alpha value is -1.73. The summed E-state index contributed by atoms with van der Waals surface area (Å²) in [5, 5.41) is 0.620. The number of hydrogen-bond donors (Lipinski definition) is 1. The molecule has 1 N–H and O–H groups in total. The third-order valence-corrected chi connectivity index (χ3v) is 5.02. The van der Waals surface area contributed by atoms with Crippen molar-refractivity contribution in [3.05, 3.63) is 26.6 Å². The summed E-state index contributed by atoms with van der Waals surface area (Å²) in [5.41, 5.74) is 3.14. The van der Waals surface area contributed by atoms with E-state index >= 15 is 0 Å². The summed E-state index contributed by atoms with van der Waals surface area (Å²) in [7, 11) is 0. The van der Waals surface area contributed by atoms with Gasteiger partial charge in [-0.15, -0.1) is 11.3 Å². The van der Waals surface area contributed by atoms with E-state index in [4.69, 9.17) is 4.74 Å². The molecule has 23 heavy (non-hydrogen) atoms. The van der Waals surface area contributed by atoms with E-state index in [1.165, 1.54) is 22.9 Å². The quantitative estimate of drug-likeness (QED) is 0.934. The van der Waals surface area contributed by atoms with Gasteiger partial charge in [0.2, 0.25) is 5.91 Å². The van der Waals surface area contributed by atoms with Gasteiger partial charge < -0.3 is 4.74 Å². The Balaban J connectivity index is 2.26. The van der Waals surface area contributed by atoms with Gasteiger partial charge in [-0.1, -0.05) is 6.92 Å². The fraction of sp³-hybridized carbons (Fsp3) is 0.562. The van der Waals surface area contributed by atoms with Gasteiger partial charge >= 0.3 is 0 Å². The molecule has 6 nitrogen and oxygen atoms in total. The minimum Gasteiger partial charge on any atom is -0.370 e. The molecule has 0 radical (unpaired) electrons. The van der Waals surface area contributed by atoms with Crippen LogP contribution in [0.1, 0.15) is 50.4 Å². The maximum Gasteiger partial charge on any atom is 0.281 e. The molecule has 0 unspecified atom stereocenters. The monoisotopic (exact) mass is 335 g/mol. The number of aromatic nitrogens is 2. The van der Waals surface area contributed by atoms with E-state index in [0.29, 0.717) is 30.7 Å². The van der Waals surface area contributed by atoms with E-state index in [0.717, 1.165) is 21.7 Å². The molecule has 0 saturated carbocycles. The Kier molecular flexibility index (Phi) is 4.01. The average Bonchev–Trinajstić information content (AvgIpc) is 2.79. The number of thiophene rings is 1. The number of carbonyl (C=O) groups excluding carboxylic acids is 1. The molecule has 0 saturated heterocycles. The van der Waals surface area contributed by atoms with Gasteiger partial charge in [-0.25, -0.2) is 9.66 Å². The minimum absolute atomic E-state index is 0.191. The van der Waals surface area contributed by atoms with Crippen molar-refractivity contribution in [2.24, 2.45) is 0 Å². The van der Waals surface area contributed by atoms with Gasteiger partial charge in [0.1, 0.15) is 10.7 Å². The first kappa shape index (κ1) is 16.1. The van der Waals surface area contributed by atoms with Crippen LogP contribution in [0.5, 0.6) is 0 Å². The van der Waals surface area contributed by atoms with E-state index in [1.807, 2.05) is 20.8 Å². The van der Waals surface area contributed by atoms with Crippen LogP contribution in [0.4, 0.5) is 0 Å². The minimum atomic E-state index is -0.297. The summed E-state index contributed by atoms with van der Waals surface area (Å²) in [6.45, 7) is 7.96. The number of fused-ring (bicyclic) bond motifs is 3. The first-order valence-electron chi connectivity index (χ1n) is 7.80. The highest BCUT2D eigenvalue weighted by atomic mass is 32.1. The molecule has 1 aliphatic heterocycles. The summed E-state index contributed by atoms with van der Waals surface area (Å²) < 4.78 is 7.15. The SMILES string of the molecule is CCCc1nc2sc3c(c2c(=O)n1NC(C)=O)CC(C)(C)OC3. The second-order valence-electron chi connectivity index (χ2n) is 6.50. The van der Waals surface area contributed by atoms with Gasteiger partial charge in [-0.2, -0.15) is 0 Å². The predicted molar refractivity (Wildman–Crippen MR) is 90.5 cm³/mol. The lowest BCUT2D eigenvalue weighted by atomic mass is 9.94. The van der Waals surface area contributed by atoms with Crippen LogP contribution < -0.4 is 11.0 Å². The number of nitrogens with zero attached hydrogens (tertiary/aromatic N) is 2. The molecule has 0 aliphatic carbocycles. The standard InChI is InChI=1S/C16H21N3O3S/c1-5-6-12-17-14-13(15(21)19(12)18-9(2)20)10-7-16(3,4)22-8-11(10)23-14/h5-8H2,1-4H3,(H,18,20). The average molecular weight is 335 g/mol. The molecule has 3 rings (SSSR count). The molecule has 1 amide bonds. The van der Waals surface area contributed by atoms with Crippen molar-refractivity contribution in [2.75, 3.05) is 5.43 Å². The van der Waals surface area contributed by atoms with Crippen LogP contribution >= 0.6 is 11.3 Å². The van der Waals surface area contributed by atoms with Crippen molar-refractivity contribution in [1.82, 2.24) is 9.66 Å². The van der Waals surface area contributed by atoms with Gasteiger partial charge in [0.25, 0.3) is 5.56 Å². The highest BCUT2D eigenvalue weighted by molar-refractivity contribution is 7.18. The van der Waals surface area contributed by atoms with Gasteiger partial charge in [-0.3, -0.25) is 15.0 Å². The maximum absolute atomic E-state index is 13.0. The molecule has 124 valence electrons. The first-order chi connectivity index (χ1) is 10.8. The number of rotatable bonds is 3. The van der Waals surface area contributed by atoms with Crippen LogP contribution in [-0.4, -0.2) is 21.2 Å². The molecular weight excluding hydrogens is 314 g/mol. The van der Waals surface area contributed by atoms with Crippen LogP contribution in [0.2, 0.25) is 0 Å². The molecule has 0 aromatic carbocycles. The van der Waals surface area contributed by atoms with E-state index in [1.54, 1.807) is 0 Å². The fourth-order valence-corrected chi connectivity index (χ4v) is 4.01. The fourth-order valence-electron chi connectivity index (χ4n) is 2.90. The summed E-state index contributed by atoms with van der Waals surface area (Å²) in [4.78, 5) is 30.9. The second kappa shape index (κ2) is 5.72. The first-order valence-corrected chi connectivity index (χ1v) is 8.62. The number of hydrogen-bond acceptors (Lipinski definition) is 5. The van der Waals surface area contributed by atoms with E-state index in [-0.39, 0.29) is 17.1 Å².